The number of amides is 3. The second-order valence-corrected chi connectivity index (χ2v) is 9.72. The Morgan fingerprint density at radius 3 is 2.46 bits per heavy atom. The van der Waals surface area contributed by atoms with E-state index >= 15 is 0 Å². The van der Waals surface area contributed by atoms with Gasteiger partial charge in [-0.2, -0.15) is 0 Å². The first-order valence-corrected chi connectivity index (χ1v) is 12.1. The molecule has 0 unspecified atom stereocenters. The zero-order valence-corrected chi connectivity index (χ0v) is 20.3. The molecule has 5 rings (SSSR count). The van der Waals surface area contributed by atoms with E-state index in [1.54, 1.807) is 19.1 Å². The van der Waals surface area contributed by atoms with Crippen molar-refractivity contribution in [2.75, 3.05) is 16.3 Å². The van der Waals surface area contributed by atoms with Gasteiger partial charge in [0.05, 0.1) is 28.4 Å². The number of ether oxygens (including phenoxy) is 1. The summed E-state index contributed by atoms with van der Waals surface area (Å²) in [4.78, 5) is 64.5. The van der Waals surface area contributed by atoms with Crippen molar-refractivity contribution in [1.82, 2.24) is 0 Å². The molecule has 37 heavy (non-hydrogen) atoms. The Balaban J connectivity index is 1.27. The molecular weight excluding hydrogens is 478 g/mol. The van der Waals surface area contributed by atoms with Crippen LogP contribution in [0.2, 0.25) is 0 Å². The third kappa shape index (κ3) is 4.28. The fourth-order valence-electron chi connectivity index (χ4n) is 5.40. The Morgan fingerprint density at radius 2 is 1.81 bits per heavy atom. The lowest BCUT2D eigenvalue weighted by Gasteiger charge is -2.22. The minimum Gasteiger partial charge on any atom is -0.426 e. The van der Waals surface area contributed by atoms with Crippen LogP contribution >= 0.6 is 0 Å². The van der Waals surface area contributed by atoms with Crippen molar-refractivity contribution >= 4 is 40.8 Å². The predicted molar refractivity (Wildman–Crippen MR) is 133 cm³/mol. The normalized spacial score (nSPS) is 25.0. The van der Waals surface area contributed by atoms with Crippen LogP contribution in [0.3, 0.4) is 0 Å². The number of rotatable bonds is 5. The Kier molecular flexibility index (Phi) is 6.10. The van der Waals surface area contributed by atoms with Gasteiger partial charge in [-0.1, -0.05) is 19.1 Å². The molecule has 3 aliphatic rings. The molecule has 2 fully saturated rings. The predicted octanol–water partition coefficient (Wildman–Crippen LogP) is 3.56. The fourth-order valence-corrected chi connectivity index (χ4v) is 5.40. The Labute approximate surface area is 212 Å². The van der Waals surface area contributed by atoms with Crippen molar-refractivity contribution in [2.45, 2.75) is 26.7 Å². The maximum absolute atomic E-state index is 13.1. The van der Waals surface area contributed by atoms with Crippen molar-refractivity contribution in [2.24, 2.45) is 23.7 Å². The highest BCUT2D eigenvalue weighted by Crippen LogP contribution is 2.41. The molecule has 3 amide bonds. The van der Waals surface area contributed by atoms with Gasteiger partial charge in [0.25, 0.3) is 5.69 Å². The first-order chi connectivity index (χ1) is 17.7. The van der Waals surface area contributed by atoms with E-state index in [0.29, 0.717) is 23.4 Å². The average Bonchev–Trinajstić information content (AvgIpc) is 3.37. The molecule has 190 valence electrons. The topological polar surface area (TPSA) is 127 Å². The molecule has 2 heterocycles. The number of esters is 1. The Bertz CT molecular complexity index is 1350. The van der Waals surface area contributed by atoms with E-state index in [4.69, 9.17) is 4.74 Å². The minimum atomic E-state index is -0.707. The van der Waals surface area contributed by atoms with Gasteiger partial charge in [0.2, 0.25) is 17.7 Å². The number of nitro benzene ring substituents is 1. The summed E-state index contributed by atoms with van der Waals surface area (Å²) in [6, 6.07) is 10.3. The van der Waals surface area contributed by atoms with Crippen LogP contribution in [0.15, 0.2) is 54.6 Å². The van der Waals surface area contributed by atoms with Gasteiger partial charge in [0.15, 0.2) is 0 Å². The molecule has 0 N–H and O–H groups in total. The molecule has 10 nitrogen and oxygen atoms in total. The summed E-state index contributed by atoms with van der Waals surface area (Å²) in [5.74, 6) is -2.48. The monoisotopic (exact) mass is 503 g/mol. The summed E-state index contributed by atoms with van der Waals surface area (Å²) < 4.78 is 5.54. The zero-order valence-electron chi connectivity index (χ0n) is 20.3. The first-order valence-electron chi connectivity index (χ1n) is 12.1. The van der Waals surface area contributed by atoms with Gasteiger partial charge in [-0.15, -0.1) is 0 Å². The number of fused-ring (bicyclic) bond motifs is 1. The highest BCUT2D eigenvalue weighted by atomic mass is 16.6. The number of aryl methyl sites for hydroxylation is 1. The van der Waals surface area contributed by atoms with Gasteiger partial charge < -0.3 is 9.64 Å². The molecule has 0 saturated carbocycles. The lowest BCUT2D eigenvalue weighted by molar-refractivity contribution is -0.384. The van der Waals surface area contributed by atoms with E-state index in [1.165, 1.54) is 40.1 Å². The van der Waals surface area contributed by atoms with Crippen molar-refractivity contribution in [3.8, 4) is 5.75 Å². The molecule has 2 aromatic rings. The molecule has 10 heteroatoms. The van der Waals surface area contributed by atoms with Crippen LogP contribution < -0.4 is 14.5 Å². The number of allylic oxidation sites excluding steroid dienone is 2. The lowest BCUT2D eigenvalue weighted by Crippen LogP contribution is -2.32. The number of carbonyl (C=O) groups is 4. The number of hydrogen-bond acceptors (Lipinski definition) is 7. The number of nitrogens with zero attached hydrogens (tertiary/aromatic N) is 3. The third-order valence-electron chi connectivity index (χ3n) is 7.33. The van der Waals surface area contributed by atoms with E-state index in [9.17, 15) is 29.3 Å². The number of benzene rings is 2. The summed E-state index contributed by atoms with van der Waals surface area (Å²) in [6.07, 6.45) is 4.43. The van der Waals surface area contributed by atoms with Crippen LogP contribution in [0.1, 0.15) is 25.3 Å². The maximum Gasteiger partial charge on any atom is 0.316 e. The third-order valence-corrected chi connectivity index (χ3v) is 7.33. The van der Waals surface area contributed by atoms with Crippen LogP contribution in [0, 0.1) is 40.7 Å². The molecule has 0 bridgehead atoms. The second kappa shape index (κ2) is 9.27. The van der Waals surface area contributed by atoms with Crippen LogP contribution in [0.25, 0.3) is 0 Å². The number of anilines is 2. The summed E-state index contributed by atoms with van der Waals surface area (Å²) in [6.45, 7) is 3.78. The lowest BCUT2D eigenvalue weighted by atomic mass is 9.78. The van der Waals surface area contributed by atoms with Crippen molar-refractivity contribution in [1.29, 1.82) is 0 Å². The summed E-state index contributed by atoms with van der Waals surface area (Å²) in [7, 11) is 0. The van der Waals surface area contributed by atoms with Gasteiger partial charge in [0, 0.05) is 30.8 Å². The zero-order chi connectivity index (χ0) is 26.4. The summed E-state index contributed by atoms with van der Waals surface area (Å²) >= 11 is 0. The van der Waals surface area contributed by atoms with E-state index < -0.39 is 16.8 Å². The molecule has 0 aromatic heterocycles. The van der Waals surface area contributed by atoms with Crippen LogP contribution in [0.5, 0.6) is 5.75 Å². The van der Waals surface area contributed by atoms with Crippen LogP contribution in [-0.2, 0) is 19.2 Å². The molecule has 2 aromatic carbocycles. The largest absolute Gasteiger partial charge is 0.426 e. The van der Waals surface area contributed by atoms with Crippen LogP contribution in [0.4, 0.5) is 17.1 Å². The maximum atomic E-state index is 13.1. The van der Waals surface area contributed by atoms with E-state index in [-0.39, 0.29) is 59.9 Å². The van der Waals surface area contributed by atoms with Crippen LogP contribution in [-0.4, -0.2) is 35.2 Å². The summed E-state index contributed by atoms with van der Waals surface area (Å²) in [5.41, 5.74) is 1.46. The molecule has 1 aliphatic carbocycles. The number of hydrogen-bond donors (Lipinski definition) is 0. The highest BCUT2D eigenvalue weighted by Gasteiger charge is 2.50. The molecular formula is C27H25N3O7. The standard InChI is InChI=1S/C27H25N3O7/c1-15-4-3-5-21-24(15)26(33)29(25(21)32)22-11-10-20(12-16(22)2)37-27(34)17-13-23(31)28(14-17)18-6-8-19(9-7-18)30(35)36/h3-4,6-12,15,17,21,24H,5,13-14H2,1-2H3/t15-,17-,21-,24-/m1/s1. The van der Waals surface area contributed by atoms with Crippen molar-refractivity contribution < 1.29 is 28.8 Å². The highest BCUT2D eigenvalue weighted by molar-refractivity contribution is 6.22. The minimum absolute atomic E-state index is 0.0135. The van der Waals surface area contributed by atoms with Gasteiger partial charge in [-0.3, -0.25) is 29.3 Å². The van der Waals surface area contributed by atoms with Gasteiger partial charge >= 0.3 is 5.97 Å². The summed E-state index contributed by atoms with van der Waals surface area (Å²) in [5, 5.41) is 10.9. The van der Waals surface area contributed by atoms with E-state index in [0.717, 1.165) is 0 Å². The fraction of sp³-hybridized carbons (Fsp3) is 0.333. The smallest absolute Gasteiger partial charge is 0.316 e. The Morgan fingerprint density at radius 1 is 1.08 bits per heavy atom. The molecule has 4 atom stereocenters. The number of imide groups is 1. The van der Waals surface area contributed by atoms with E-state index in [1.807, 2.05) is 19.1 Å². The van der Waals surface area contributed by atoms with Crippen molar-refractivity contribution in [3.63, 3.8) is 0 Å². The van der Waals surface area contributed by atoms with Gasteiger partial charge in [-0.05, 0) is 55.2 Å². The van der Waals surface area contributed by atoms with Crippen molar-refractivity contribution in [3.05, 3.63) is 70.3 Å². The van der Waals surface area contributed by atoms with E-state index in [2.05, 4.69) is 0 Å². The number of carbonyl (C=O) groups excluding carboxylic acids is 4. The molecule has 2 saturated heterocycles. The first kappa shape index (κ1) is 24.4. The van der Waals surface area contributed by atoms with Gasteiger partial charge in [-0.25, -0.2) is 4.90 Å². The molecule has 2 aliphatic heterocycles. The number of non-ortho nitro benzene ring substituents is 1. The van der Waals surface area contributed by atoms with Gasteiger partial charge in [0.1, 0.15) is 5.75 Å². The molecule has 0 radical (unpaired) electrons. The average molecular weight is 504 g/mol. The molecule has 0 spiro atoms. The Hall–Kier alpha value is -4.34. The SMILES string of the molecule is Cc1cc(OC(=O)[C@@H]2CC(=O)N(c3ccc([N+](=O)[O-])cc3)C2)ccc1N1C(=O)[C@@H]2[C@H](C)C=CC[C@H]2C1=O. The number of nitro groups is 1. The quantitative estimate of drug-likeness (QED) is 0.152. The second-order valence-electron chi connectivity index (χ2n) is 9.72.